The molecule has 0 bridgehead atoms. The van der Waals surface area contributed by atoms with Gasteiger partial charge in [0.1, 0.15) is 6.10 Å². The van der Waals surface area contributed by atoms with Crippen LogP contribution in [0.25, 0.3) is 0 Å². The van der Waals surface area contributed by atoms with Gasteiger partial charge in [-0.15, -0.1) is 0 Å². The van der Waals surface area contributed by atoms with E-state index in [0.717, 1.165) is 37.8 Å². The van der Waals surface area contributed by atoms with Crippen molar-refractivity contribution >= 4 is 11.9 Å². The molecule has 0 spiro atoms. The summed E-state index contributed by atoms with van der Waals surface area (Å²) >= 11 is 0. The molecule has 0 aliphatic carbocycles. The second kappa shape index (κ2) is 12.4. The van der Waals surface area contributed by atoms with Crippen LogP contribution in [0.4, 0.5) is 0 Å². The molecule has 1 atom stereocenters. The number of rotatable bonds is 12. The number of aliphatic hydroxyl groups excluding tert-OH is 1. The third kappa shape index (κ3) is 13.4. The second-order valence-corrected chi connectivity index (χ2v) is 5.63. The predicted octanol–water partition coefficient (Wildman–Crippen LogP) is 2.92. The van der Waals surface area contributed by atoms with Crippen LogP contribution in [0, 0.1) is 5.92 Å². The summed E-state index contributed by atoms with van der Waals surface area (Å²) in [7, 11) is 0. The average Bonchev–Trinajstić information content (AvgIpc) is 2.41. The highest BCUT2D eigenvalue weighted by Gasteiger charge is 2.12. The molecule has 0 amide bonds. The lowest BCUT2D eigenvalue weighted by Crippen LogP contribution is -2.17. The molecule has 0 aliphatic heterocycles. The highest BCUT2D eigenvalue weighted by Crippen LogP contribution is 2.15. The van der Waals surface area contributed by atoms with Crippen molar-refractivity contribution in [1.82, 2.24) is 0 Å². The number of carbonyl (C=O) groups excluding carboxylic acids is 1. The van der Waals surface area contributed by atoms with E-state index >= 15 is 0 Å². The normalized spacial score (nSPS) is 12.8. The van der Waals surface area contributed by atoms with Gasteiger partial charge in [-0.1, -0.05) is 33.1 Å². The molecule has 0 saturated carbocycles. The fraction of sp³-hybridized carbons (Fsp3) is 0.750. The van der Waals surface area contributed by atoms with Crippen molar-refractivity contribution in [3.05, 3.63) is 12.2 Å². The van der Waals surface area contributed by atoms with E-state index in [1.165, 1.54) is 6.42 Å². The van der Waals surface area contributed by atoms with E-state index in [1.54, 1.807) is 0 Å². The molecule has 5 nitrogen and oxygen atoms in total. The third-order valence-electron chi connectivity index (χ3n) is 3.14. The lowest BCUT2D eigenvalue weighted by Gasteiger charge is -2.16. The second-order valence-electron chi connectivity index (χ2n) is 5.63. The Morgan fingerprint density at radius 2 is 1.62 bits per heavy atom. The molecule has 122 valence electrons. The number of carbonyl (C=O) groups is 2. The first-order valence-corrected chi connectivity index (χ1v) is 7.68. The number of esters is 1. The minimum Gasteiger partial charge on any atom is -0.478 e. The van der Waals surface area contributed by atoms with Gasteiger partial charge in [0.05, 0.1) is 0 Å². The Balaban J connectivity index is 4.07. The van der Waals surface area contributed by atoms with Crippen LogP contribution in [0.3, 0.4) is 0 Å². The van der Waals surface area contributed by atoms with Gasteiger partial charge in [-0.05, 0) is 31.6 Å². The van der Waals surface area contributed by atoms with Crippen LogP contribution < -0.4 is 0 Å². The van der Waals surface area contributed by atoms with Gasteiger partial charge in [0.15, 0.2) is 0 Å². The van der Waals surface area contributed by atoms with Gasteiger partial charge in [0.2, 0.25) is 0 Å². The van der Waals surface area contributed by atoms with E-state index < -0.39 is 11.9 Å². The zero-order valence-electron chi connectivity index (χ0n) is 13.1. The van der Waals surface area contributed by atoms with E-state index in [-0.39, 0.29) is 12.7 Å². The third-order valence-corrected chi connectivity index (χ3v) is 3.14. The van der Waals surface area contributed by atoms with Crippen LogP contribution in [0.5, 0.6) is 0 Å². The summed E-state index contributed by atoms with van der Waals surface area (Å²) < 4.78 is 5.23. The summed E-state index contributed by atoms with van der Waals surface area (Å²) in [6.07, 6.45) is 7.81. The summed E-state index contributed by atoms with van der Waals surface area (Å²) in [5, 5.41) is 17.3. The van der Waals surface area contributed by atoms with Crippen LogP contribution in [0.1, 0.15) is 58.8 Å². The molecule has 0 aromatic carbocycles. The van der Waals surface area contributed by atoms with Crippen molar-refractivity contribution in [1.29, 1.82) is 0 Å². The highest BCUT2D eigenvalue weighted by molar-refractivity contribution is 5.90. The number of carboxylic acid groups (broad SMARTS) is 1. The Hall–Kier alpha value is -1.36. The number of hydrogen-bond acceptors (Lipinski definition) is 4. The first-order valence-electron chi connectivity index (χ1n) is 7.68. The molecular weight excluding hydrogens is 272 g/mol. The number of carboxylic acids is 1. The minimum atomic E-state index is -1.17. The molecule has 2 N–H and O–H groups in total. The fourth-order valence-electron chi connectivity index (χ4n) is 2.03. The first-order chi connectivity index (χ1) is 9.95. The first kappa shape index (κ1) is 19.6. The molecule has 0 aromatic heterocycles. The minimum absolute atomic E-state index is 0.0619. The Morgan fingerprint density at radius 1 is 1.00 bits per heavy atom. The predicted molar refractivity (Wildman–Crippen MR) is 80.9 cm³/mol. The quantitative estimate of drug-likeness (QED) is 0.329. The van der Waals surface area contributed by atoms with Crippen molar-refractivity contribution in [3.63, 3.8) is 0 Å². The number of ether oxygens (including phenoxy) is 1. The van der Waals surface area contributed by atoms with E-state index in [4.69, 9.17) is 14.9 Å². The van der Waals surface area contributed by atoms with Crippen molar-refractivity contribution in [3.8, 4) is 0 Å². The standard InChI is InChI=1S/C16H28O5/c1-13(2)7-4-3-5-8-14(9-6-12-17)21-16(20)11-10-15(18)19/h10-11,13-14,17H,3-9,12H2,1-2H3,(H,18,19)/b11-10-. The maximum absolute atomic E-state index is 11.5. The van der Waals surface area contributed by atoms with Crippen LogP contribution in [0.15, 0.2) is 12.2 Å². The van der Waals surface area contributed by atoms with Gasteiger partial charge in [0, 0.05) is 18.8 Å². The summed E-state index contributed by atoms with van der Waals surface area (Å²) in [6, 6.07) is 0. The molecule has 0 rings (SSSR count). The van der Waals surface area contributed by atoms with Gasteiger partial charge in [-0.25, -0.2) is 9.59 Å². The molecular formula is C16H28O5. The Morgan fingerprint density at radius 3 is 2.19 bits per heavy atom. The molecule has 0 fully saturated rings. The van der Waals surface area contributed by atoms with Crippen molar-refractivity contribution in [2.75, 3.05) is 6.61 Å². The van der Waals surface area contributed by atoms with Crippen molar-refractivity contribution in [2.45, 2.75) is 64.9 Å². The van der Waals surface area contributed by atoms with E-state index in [0.29, 0.717) is 18.8 Å². The van der Waals surface area contributed by atoms with Crippen LogP contribution in [0.2, 0.25) is 0 Å². The molecule has 21 heavy (non-hydrogen) atoms. The Kier molecular flexibility index (Phi) is 11.6. The topological polar surface area (TPSA) is 83.8 Å². The average molecular weight is 300 g/mol. The molecule has 5 heteroatoms. The Labute approximate surface area is 127 Å². The largest absolute Gasteiger partial charge is 0.478 e. The Bertz CT molecular complexity index is 323. The van der Waals surface area contributed by atoms with E-state index in [1.807, 2.05) is 0 Å². The van der Waals surface area contributed by atoms with Gasteiger partial charge in [-0.2, -0.15) is 0 Å². The molecule has 0 aromatic rings. The SMILES string of the molecule is CC(C)CCCCCC(CCCO)OC(=O)/C=C\C(=O)O. The van der Waals surface area contributed by atoms with Gasteiger partial charge in [0.25, 0.3) is 0 Å². The van der Waals surface area contributed by atoms with E-state index in [2.05, 4.69) is 13.8 Å². The van der Waals surface area contributed by atoms with Crippen molar-refractivity contribution in [2.24, 2.45) is 5.92 Å². The number of hydrogen-bond donors (Lipinski definition) is 2. The summed E-state index contributed by atoms with van der Waals surface area (Å²) in [5.41, 5.74) is 0. The molecule has 0 saturated heterocycles. The van der Waals surface area contributed by atoms with Crippen LogP contribution >= 0.6 is 0 Å². The molecule has 0 radical (unpaired) electrons. The molecule has 1 unspecified atom stereocenters. The van der Waals surface area contributed by atoms with E-state index in [9.17, 15) is 9.59 Å². The van der Waals surface area contributed by atoms with Crippen LogP contribution in [-0.4, -0.2) is 34.9 Å². The maximum Gasteiger partial charge on any atom is 0.331 e. The lowest BCUT2D eigenvalue weighted by molar-refractivity contribution is -0.144. The molecule has 0 aliphatic rings. The lowest BCUT2D eigenvalue weighted by atomic mass is 10.0. The summed E-state index contributed by atoms with van der Waals surface area (Å²) in [5.74, 6) is -1.11. The monoisotopic (exact) mass is 300 g/mol. The van der Waals surface area contributed by atoms with Crippen LogP contribution in [-0.2, 0) is 14.3 Å². The van der Waals surface area contributed by atoms with Gasteiger partial charge in [-0.3, -0.25) is 0 Å². The smallest absolute Gasteiger partial charge is 0.331 e. The fourth-order valence-corrected chi connectivity index (χ4v) is 2.03. The molecule has 0 heterocycles. The summed E-state index contributed by atoms with van der Waals surface area (Å²) in [6.45, 7) is 4.45. The number of aliphatic hydroxyl groups is 1. The number of aliphatic carboxylic acids is 1. The van der Waals surface area contributed by atoms with Gasteiger partial charge < -0.3 is 14.9 Å². The zero-order chi connectivity index (χ0) is 16.1. The highest BCUT2D eigenvalue weighted by atomic mass is 16.5. The maximum atomic E-state index is 11.5. The number of unbranched alkanes of at least 4 members (excludes halogenated alkanes) is 2. The van der Waals surface area contributed by atoms with Crippen molar-refractivity contribution < 1.29 is 24.5 Å². The summed E-state index contributed by atoms with van der Waals surface area (Å²) in [4.78, 5) is 21.8. The van der Waals surface area contributed by atoms with Gasteiger partial charge >= 0.3 is 11.9 Å². The zero-order valence-corrected chi connectivity index (χ0v) is 13.1.